The number of esters is 1. The largest absolute Gasteiger partial charge is 0.481 e. The molecule has 0 saturated carbocycles. The van der Waals surface area contributed by atoms with Crippen LogP contribution in [0.5, 0.6) is 0 Å². The quantitative estimate of drug-likeness (QED) is 0.415. The van der Waals surface area contributed by atoms with Gasteiger partial charge in [-0.25, -0.2) is 0 Å². The molecule has 4 N–H and O–H groups in total. The maximum atomic E-state index is 10.8. The van der Waals surface area contributed by atoms with Crippen molar-refractivity contribution in [3.8, 4) is 0 Å². The molecule has 2 unspecified atom stereocenters. The highest BCUT2D eigenvalue weighted by Crippen LogP contribution is 2.27. The van der Waals surface area contributed by atoms with Gasteiger partial charge in [-0.3, -0.25) is 9.59 Å². The summed E-state index contributed by atoms with van der Waals surface area (Å²) in [4.78, 5) is 21.5. The van der Waals surface area contributed by atoms with Crippen molar-refractivity contribution in [3.05, 3.63) is 23.9 Å². The lowest BCUT2D eigenvalue weighted by Gasteiger charge is -2.30. The zero-order valence-corrected chi connectivity index (χ0v) is 8.01. The number of allylic oxidation sites excluding steroid dienone is 1. The van der Waals surface area contributed by atoms with Crippen LogP contribution in [0.3, 0.4) is 0 Å². The minimum Gasteiger partial charge on any atom is -0.481 e. The van der Waals surface area contributed by atoms with E-state index in [2.05, 4.69) is 4.74 Å². The van der Waals surface area contributed by atoms with Gasteiger partial charge in [0, 0.05) is 18.7 Å². The Morgan fingerprint density at radius 2 is 2.20 bits per heavy atom. The van der Waals surface area contributed by atoms with Gasteiger partial charge in [0.15, 0.2) is 0 Å². The Morgan fingerprint density at radius 1 is 1.60 bits per heavy atom. The van der Waals surface area contributed by atoms with Gasteiger partial charge < -0.3 is 20.7 Å². The van der Waals surface area contributed by atoms with E-state index in [1.54, 1.807) is 0 Å². The van der Waals surface area contributed by atoms with E-state index in [0.717, 1.165) is 13.0 Å². The highest BCUT2D eigenvalue weighted by atomic mass is 16.7. The molecule has 15 heavy (non-hydrogen) atoms. The highest BCUT2D eigenvalue weighted by Gasteiger charge is 2.43. The van der Waals surface area contributed by atoms with Gasteiger partial charge in [0.2, 0.25) is 5.79 Å². The van der Waals surface area contributed by atoms with Gasteiger partial charge in [0.05, 0.1) is 0 Å². The van der Waals surface area contributed by atoms with Crippen molar-refractivity contribution in [1.82, 2.24) is 0 Å². The van der Waals surface area contributed by atoms with Gasteiger partial charge >= 0.3 is 11.9 Å². The number of carbonyl (C=O) groups is 2. The molecule has 0 radical (unpaired) electrons. The van der Waals surface area contributed by atoms with Crippen molar-refractivity contribution in [2.45, 2.75) is 12.7 Å². The van der Waals surface area contributed by atoms with Crippen LogP contribution in [0, 0.1) is 5.92 Å². The Kier molecular flexibility index (Phi) is 2.81. The fourth-order valence-corrected chi connectivity index (χ4v) is 1.30. The zero-order chi connectivity index (χ0) is 11.6. The smallest absolute Gasteiger partial charge is 0.317 e. The summed E-state index contributed by atoms with van der Waals surface area (Å²) in [6, 6.07) is 0. The normalized spacial score (nSPS) is 29.5. The molecule has 2 atom stereocenters. The van der Waals surface area contributed by atoms with Gasteiger partial charge in [-0.2, -0.15) is 0 Å². The number of carboxylic acids is 1. The van der Waals surface area contributed by atoms with Crippen molar-refractivity contribution < 1.29 is 24.5 Å². The Bertz CT molecular complexity index is 360. The summed E-state index contributed by atoms with van der Waals surface area (Å²) in [5.74, 6) is -5.66. The summed E-state index contributed by atoms with van der Waals surface area (Å²) in [5.41, 5.74) is 5.51. The number of ether oxygens (including phenoxy) is 1. The van der Waals surface area contributed by atoms with Crippen LogP contribution in [-0.2, 0) is 14.3 Å². The number of nitrogens with two attached hydrogens (primary N) is 1. The molecule has 0 aromatic heterocycles. The molecular weight excluding hydrogens is 202 g/mol. The Hall–Kier alpha value is -1.82. The van der Waals surface area contributed by atoms with E-state index in [9.17, 15) is 14.7 Å². The molecule has 0 spiro atoms. The van der Waals surface area contributed by atoms with Crippen LogP contribution in [0.1, 0.15) is 6.92 Å². The number of hydrogen-bond acceptors (Lipinski definition) is 5. The Labute approximate surface area is 85.6 Å². The molecule has 1 rings (SSSR count). The molecule has 6 nitrogen and oxygen atoms in total. The van der Waals surface area contributed by atoms with E-state index in [4.69, 9.17) is 10.8 Å². The van der Waals surface area contributed by atoms with Crippen LogP contribution in [0.15, 0.2) is 23.9 Å². The minimum atomic E-state index is -2.21. The molecule has 0 heterocycles. The summed E-state index contributed by atoms with van der Waals surface area (Å²) in [5, 5.41) is 18.6. The first-order valence-electron chi connectivity index (χ1n) is 4.16. The predicted octanol–water partition coefficient (Wildman–Crippen LogP) is -0.649. The van der Waals surface area contributed by atoms with Crippen molar-refractivity contribution in [2.24, 2.45) is 11.7 Å². The first kappa shape index (κ1) is 11.3. The minimum absolute atomic E-state index is 0.135. The summed E-state index contributed by atoms with van der Waals surface area (Å²) >= 11 is 0. The summed E-state index contributed by atoms with van der Waals surface area (Å²) in [6.07, 6.45) is 3.49. The van der Waals surface area contributed by atoms with Crippen molar-refractivity contribution >= 4 is 11.9 Å². The van der Waals surface area contributed by atoms with E-state index >= 15 is 0 Å². The van der Waals surface area contributed by atoms with Gasteiger partial charge in [0.25, 0.3) is 0 Å². The number of carboxylic acid groups (broad SMARTS) is 1. The molecule has 1 aliphatic rings. The lowest BCUT2D eigenvalue weighted by Crippen LogP contribution is -2.45. The molecule has 0 fully saturated rings. The molecule has 0 aliphatic heterocycles. The second-order valence-corrected chi connectivity index (χ2v) is 3.16. The van der Waals surface area contributed by atoms with E-state index in [1.165, 1.54) is 12.2 Å². The van der Waals surface area contributed by atoms with Crippen LogP contribution < -0.4 is 5.73 Å². The van der Waals surface area contributed by atoms with Crippen LogP contribution in [0.2, 0.25) is 0 Å². The van der Waals surface area contributed by atoms with Crippen molar-refractivity contribution in [1.29, 1.82) is 0 Å². The third kappa shape index (κ3) is 2.35. The van der Waals surface area contributed by atoms with E-state index in [0.29, 0.717) is 0 Å². The summed E-state index contributed by atoms with van der Waals surface area (Å²) in [6.45, 7) is 1.07. The first-order chi connectivity index (χ1) is 6.85. The lowest BCUT2D eigenvalue weighted by atomic mass is 9.92. The topological polar surface area (TPSA) is 110 Å². The third-order valence-corrected chi connectivity index (χ3v) is 1.87. The summed E-state index contributed by atoms with van der Waals surface area (Å²) < 4.78 is 4.55. The molecule has 0 aromatic rings. The Balaban J connectivity index is 3.04. The average Bonchev–Trinajstić information content (AvgIpc) is 1.99. The van der Waals surface area contributed by atoms with Gasteiger partial charge in [-0.05, 0) is 6.08 Å². The number of aliphatic hydroxyl groups is 1. The first-order valence-corrected chi connectivity index (χ1v) is 4.16. The zero-order valence-electron chi connectivity index (χ0n) is 8.01. The standard InChI is InChI=1S/C9H11NO5/c1-5(11)15-9(14)4-6(10)2-3-7(9)8(12)13/h2-4,7,14H,10H2,1H3,(H,12,13). The van der Waals surface area contributed by atoms with Gasteiger partial charge in [0.1, 0.15) is 5.92 Å². The number of hydrogen-bond donors (Lipinski definition) is 3. The molecule has 0 aromatic carbocycles. The second kappa shape index (κ2) is 3.74. The number of carbonyl (C=O) groups excluding carboxylic acids is 1. The molecule has 0 bridgehead atoms. The van der Waals surface area contributed by atoms with E-state index in [1.807, 2.05) is 0 Å². The third-order valence-electron chi connectivity index (χ3n) is 1.87. The van der Waals surface area contributed by atoms with Crippen LogP contribution in [-0.4, -0.2) is 27.9 Å². The maximum absolute atomic E-state index is 10.8. The number of rotatable bonds is 2. The van der Waals surface area contributed by atoms with Crippen LogP contribution >= 0.6 is 0 Å². The van der Waals surface area contributed by atoms with Crippen molar-refractivity contribution in [2.75, 3.05) is 0 Å². The molecular formula is C9H11NO5. The lowest BCUT2D eigenvalue weighted by molar-refractivity contribution is -0.205. The maximum Gasteiger partial charge on any atom is 0.317 e. The van der Waals surface area contributed by atoms with Gasteiger partial charge in [-0.1, -0.05) is 6.08 Å². The van der Waals surface area contributed by atoms with Crippen LogP contribution in [0.4, 0.5) is 0 Å². The molecule has 0 amide bonds. The van der Waals surface area contributed by atoms with Crippen LogP contribution in [0.25, 0.3) is 0 Å². The fourth-order valence-electron chi connectivity index (χ4n) is 1.30. The second-order valence-electron chi connectivity index (χ2n) is 3.16. The molecule has 6 heteroatoms. The molecule has 82 valence electrons. The monoisotopic (exact) mass is 213 g/mol. The molecule has 0 saturated heterocycles. The van der Waals surface area contributed by atoms with Crippen molar-refractivity contribution in [3.63, 3.8) is 0 Å². The highest BCUT2D eigenvalue weighted by molar-refractivity contribution is 5.76. The summed E-state index contributed by atoms with van der Waals surface area (Å²) in [7, 11) is 0. The predicted molar refractivity (Wildman–Crippen MR) is 49.3 cm³/mol. The van der Waals surface area contributed by atoms with E-state index in [-0.39, 0.29) is 5.70 Å². The van der Waals surface area contributed by atoms with E-state index < -0.39 is 23.6 Å². The SMILES string of the molecule is CC(=O)OC1(O)C=C(N)C=CC1C(=O)O. The Morgan fingerprint density at radius 3 is 2.67 bits per heavy atom. The number of aliphatic carboxylic acids is 1. The fraction of sp³-hybridized carbons (Fsp3) is 0.333. The molecule has 1 aliphatic carbocycles. The van der Waals surface area contributed by atoms with Gasteiger partial charge in [-0.15, -0.1) is 0 Å². The average molecular weight is 213 g/mol.